The van der Waals surface area contributed by atoms with E-state index in [0.29, 0.717) is 12.1 Å². The Morgan fingerprint density at radius 2 is 2.25 bits per heavy atom. The molecule has 88 valence electrons. The first-order valence-corrected chi connectivity index (χ1v) is 6.23. The van der Waals surface area contributed by atoms with Gasteiger partial charge in [-0.1, -0.05) is 13.0 Å². The van der Waals surface area contributed by atoms with Crippen LogP contribution in [0.25, 0.3) is 0 Å². The molecule has 1 aliphatic rings. The van der Waals surface area contributed by atoms with Crippen molar-refractivity contribution in [3.8, 4) is 0 Å². The number of benzene rings is 1. The molecule has 0 bridgehead atoms. The largest absolute Gasteiger partial charge is 0.399 e. The second-order valence-corrected chi connectivity index (χ2v) is 4.94. The van der Waals surface area contributed by atoms with Crippen molar-refractivity contribution in [2.45, 2.75) is 45.2 Å². The van der Waals surface area contributed by atoms with Gasteiger partial charge in [-0.2, -0.15) is 0 Å². The van der Waals surface area contributed by atoms with Crippen LogP contribution in [0.4, 0.5) is 5.69 Å². The van der Waals surface area contributed by atoms with Crippen molar-refractivity contribution < 1.29 is 0 Å². The lowest BCUT2D eigenvalue weighted by Crippen LogP contribution is -2.31. The standard InChI is InChI=1S/C14H22N2/c1-4-10(2)16(3)14-8-5-11-9-12(15)6-7-13(11)14/h6-7,9-10,14H,4-5,8,15H2,1-3H3. The highest BCUT2D eigenvalue weighted by molar-refractivity contribution is 5.47. The summed E-state index contributed by atoms with van der Waals surface area (Å²) in [5.74, 6) is 0. The SMILES string of the molecule is CCC(C)N(C)C1CCc2cc(N)ccc21. The van der Waals surface area contributed by atoms with E-state index in [9.17, 15) is 0 Å². The van der Waals surface area contributed by atoms with Gasteiger partial charge in [0, 0.05) is 17.8 Å². The van der Waals surface area contributed by atoms with Gasteiger partial charge in [0.15, 0.2) is 0 Å². The second kappa shape index (κ2) is 4.46. The molecule has 2 unspecified atom stereocenters. The van der Waals surface area contributed by atoms with E-state index in [1.165, 1.54) is 30.4 Å². The van der Waals surface area contributed by atoms with Crippen LogP contribution in [0.5, 0.6) is 0 Å². The molecule has 2 rings (SSSR count). The molecule has 0 saturated heterocycles. The van der Waals surface area contributed by atoms with E-state index in [4.69, 9.17) is 5.73 Å². The Morgan fingerprint density at radius 1 is 1.50 bits per heavy atom. The first-order valence-electron chi connectivity index (χ1n) is 6.23. The summed E-state index contributed by atoms with van der Waals surface area (Å²) in [6.07, 6.45) is 3.61. The topological polar surface area (TPSA) is 29.3 Å². The maximum atomic E-state index is 5.82. The predicted octanol–water partition coefficient (Wildman–Crippen LogP) is 2.99. The molecule has 2 heteroatoms. The van der Waals surface area contributed by atoms with Crippen LogP contribution < -0.4 is 5.73 Å². The van der Waals surface area contributed by atoms with Crippen molar-refractivity contribution in [1.82, 2.24) is 4.90 Å². The van der Waals surface area contributed by atoms with Gasteiger partial charge in [0.05, 0.1) is 0 Å². The smallest absolute Gasteiger partial charge is 0.0353 e. The van der Waals surface area contributed by atoms with Gasteiger partial charge >= 0.3 is 0 Å². The van der Waals surface area contributed by atoms with E-state index in [1.807, 2.05) is 6.07 Å². The minimum atomic E-state index is 0.588. The van der Waals surface area contributed by atoms with Gasteiger partial charge in [-0.3, -0.25) is 4.90 Å². The first kappa shape index (κ1) is 11.5. The number of hydrogen-bond donors (Lipinski definition) is 1. The predicted molar refractivity (Wildman–Crippen MR) is 69.4 cm³/mol. The summed E-state index contributed by atoms with van der Waals surface area (Å²) < 4.78 is 0. The fourth-order valence-electron chi connectivity index (χ4n) is 2.63. The molecule has 16 heavy (non-hydrogen) atoms. The van der Waals surface area contributed by atoms with Crippen LogP contribution in [0.15, 0.2) is 18.2 Å². The fourth-order valence-corrected chi connectivity index (χ4v) is 2.63. The van der Waals surface area contributed by atoms with E-state index in [0.717, 1.165) is 5.69 Å². The average molecular weight is 218 g/mol. The molecular formula is C14H22N2. The van der Waals surface area contributed by atoms with E-state index in [2.05, 4.69) is 37.9 Å². The highest BCUT2D eigenvalue weighted by Crippen LogP contribution is 2.37. The molecule has 2 nitrogen and oxygen atoms in total. The number of hydrogen-bond acceptors (Lipinski definition) is 2. The van der Waals surface area contributed by atoms with Crippen LogP contribution in [-0.2, 0) is 6.42 Å². The highest BCUT2D eigenvalue weighted by atomic mass is 15.2. The Labute approximate surface area is 98.4 Å². The second-order valence-electron chi connectivity index (χ2n) is 4.94. The zero-order valence-corrected chi connectivity index (χ0v) is 10.5. The summed E-state index contributed by atoms with van der Waals surface area (Å²) in [6.45, 7) is 4.55. The molecular weight excluding hydrogens is 196 g/mol. The van der Waals surface area contributed by atoms with Crippen LogP contribution in [-0.4, -0.2) is 18.0 Å². The number of aryl methyl sites for hydroxylation is 1. The zero-order chi connectivity index (χ0) is 11.7. The van der Waals surface area contributed by atoms with Gasteiger partial charge in [0.25, 0.3) is 0 Å². The molecule has 2 N–H and O–H groups in total. The van der Waals surface area contributed by atoms with Crippen LogP contribution in [0.2, 0.25) is 0 Å². The average Bonchev–Trinajstić information content (AvgIpc) is 2.69. The number of anilines is 1. The highest BCUT2D eigenvalue weighted by Gasteiger charge is 2.27. The molecule has 0 saturated carbocycles. The molecule has 1 aromatic rings. The summed E-state index contributed by atoms with van der Waals surface area (Å²) in [5, 5.41) is 0. The van der Waals surface area contributed by atoms with Gasteiger partial charge < -0.3 is 5.73 Å². The third-order valence-electron chi connectivity index (χ3n) is 3.99. The summed E-state index contributed by atoms with van der Waals surface area (Å²) >= 11 is 0. The number of nitrogens with two attached hydrogens (primary N) is 1. The number of fused-ring (bicyclic) bond motifs is 1. The van der Waals surface area contributed by atoms with Crippen molar-refractivity contribution in [3.05, 3.63) is 29.3 Å². The number of nitrogen functional groups attached to an aromatic ring is 1. The Balaban J connectivity index is 2.23. The summed E-state index contributed by atoms with van der Waals surface area (Å²) in [4.78, 5) is 2.50. The zero-order valence-electron chi connectivity index (χ0n) is 10.5. The lowest BCUT2D eigenvalue weighted by Gasteiger charge is -2.30. The molecule has 0 aliphatic heterocycles. The van der Waals surface area contributed by atoms with Gasteiger partial charge in [-0.25, -0.2) is 0 Å². The van der Waals surface area contributed by atoms with Crippen molar-refractivity contribution in [1.29, 1.82) is 0 Å². The third kappa shape index (κ3) is 1.94. The summed E-state index contributed by atoms with van der Waals surface area (Å²) in [5.41, 5.74) is 9.65. The van der Waals surface area contributed by atoms with E-state index >= 15 is 0 Å². The third-order valence-corrected chi connectivity index (χ3v) is 3.99. The summed E-state index contributed by atoms with van der Waals surface area (Å²) in [7, 11) is 2.24. The van der Waals surface area contributed by atoms with E-state index < -0.39 is 0 Å². The maximum Gasteiger partial charge on any atom is 0.0353 e. The quantitative estimate of drug-likeness (QED) is 0.790. The van der Waals surface area contributed by atoms with Crippen molar-refractivity contribution >= 4 is 5.69 Å². The minimum Gasteiger partial charge on any atom is -0.399 e. The Bertz CT molecular complexity index is 373. The van der Waals surface area contributed by atoms with Crippen LogP contribution >= 0.6 is 0 Å². The van der Waals surface area contributed by atoms with Crippen molar-refractivity contribution in [2.24, 2.45) is 0 Å². The Kier molecular flexibility index (Phi) is 3.20. The van der Waals surface area contributed by atoms with Gasteiger partial charge in [0.1, 0.15) is 0 Å². The monoisotopic (exact) mass is 218 g/mol. The molecule has 0 fully saturated rings. The molecule has 0 heterocycles. The van der Waals surface area contributed by atoms with Gasteiger partial charge in [0.2, 0.25) is 0 Å². The Hall–Kier alpha value is -1.02. The first-order chi connectivity index (χ1) is 7.63. The van der Waals surface area contributed by atoms with Gasteiger partial charge in [-0.15, -0.1) is 0 Å². The lowest BCUT2D eigenvalue weighted by molar-refractivity contribution is 0.180. The Morgan fingerprint density at radius 3 is 2.94 bits per heavy atom. The molecule has 0 radical (unpaired) electrons. The van der Waals surface area contributed by atoms with Crippen LogP contribution in [0, 0.1) is 0 Å². The van der Waals surface area contributed by atoms with E-state index in [-0.39, 0.29) is 0 Å². The summed E-state index contributed by atoms with van der Waals surface area (Å²) in [6, 6.07) is 7.61. The van der Waals surface area contributed by atoms with E-state index in [1.54, 1.807) is 0 Å². The molecule has 1 aliphatic carbocycles. The maximum absolute atomic E-state index is 5.82. The number of nitrogens with zero attached hydrogens (tertiary/aromatic N) is 1. The molecule has 2 atom stereocenters. The molecule has 1 aromatic carbocycles. The van der Waals surface area contributed by atoms with Crippen LogP contribution in [0.3, 0.4) is 0 Å². The normalized spacial score (nSPS) is 21.1. The van der Waals surface area contributed by atoms with Crippen molar-refractivity contribution in [2.75, 3.05) is 12.8 Å². The molecule has 0 amide bonds. The lowest BCUT2D eigenvalue weighted by atomic mass is 10.0. The fraction of sp³-hybridized carbons (Fsp3) is 0.571. The molecule has 0 spiro atoms. The molecule has 0 aromatic heterocycles. The van der Waals surface area contributed by atoms with Gasteiger partial charge in [-0.05, 0) is 56.5 Å². The number of rotatable bonds is 3. The van der Waals surface area contributed by atoms with Crippen LogP contribution in [0.1, 0.15) is 43.9 Å². The van der Waals surface area contributed by atoms with Crippen molar-refractivity contribution in [3.63, 3.8) is 0 Å². The minimum absolute atomic E-state index is 0.588.